The van der Waals surface area contributed by atoms with Crippen molar-refractivity contribution in [3.8, 4) is 0 Å². The topological polar surface area (TPSA) is 54.4 Å². The van der Waals surface area contributed by atoms with Gasteiger partial charge in [0.15, 0.2) is 11.6 Å². The average molecular weight is 196 g/mol. The van der Waals surface area contributed by atoms with Gasteiger partial charge in [0.25, 0.3) is 0 Å². The molecule has 3 heteroatoms. The molecule has 0 saturated heterocycles. The number of aliphatic hydroxyl groups excluding tert-OH is 1. The number of aliphatic hydroxyl groups is 1. The molecule has 0 heterocycles. The van der Waals surface area contributed by atoms with E-state index in [4.69, 9.17) is 0 Å². The van der Waals surface area contributed by atoms with Crippen molar-refractivity contribution in [1.82, 2.24) is 0 Å². The number of hydrogen-bond donors (Lipinski definition) is 1. The van der Waals surface area contributed by atoms with Crippen molar-refractivity contribution in [3.05, 3.63) is 25.3 Å². The lowest BCUT2D eigenvalue weighted by molar-refractivity contribution is -0.115. The summed E-state index contributed by atoms with van der Waals surface area (Å²) in [7, 11) is 0. The number of carbonyl (C=O) groups is 2. The second-order valence-electron chi connectivity index (χ2n) is 3.07. The molecule has 0 spiro atoms. The fourth-order valence-corrected chi connectivity index (χ4v) is 0.966. The summed E-state index contributed by atoms with van der Waals surface area (Å²) < 4.78 is 0. The maximum absolute atomic E-state index is 10.8. The van der Waals surface area contributed by atoms with Gasteiger partial charge < -0.3 is 5.11 Å². The van der Waals surface area contributed by atoms with Gasteiger partial charge in [0.2, 0.25) is 0 Å². The van der Waals surface area contributed by atoms with Gasteiger partial charge >= 0.3 is 0 Å². The molecule has 3 nitrogen and oxygen atoms in total. The van der Waals surface area contributed by atoms with E-state index in [9.17, 15) is 14.7 Å². The predicted octanol–water partition coefficient (Wildman–Crippen LogP) is 1.42. The van der Waals surface area contributed by atoms with Crippen molar-refractivity contribution in [2.45, 2.75) is 31.8 Å². The summed E-state index contributed by atoms with van der Waals surface area (Å²) in [5.41, 5.74) is 0. The van der Waals surface area contributed by atoms with Gasteiger partial charge in [-0.25, -0.2) is 0 Å². The Kier molecular flexibility index (Phi) is 6.58. The highest BCUT2D eigenvalue weighted by atomic mass is 16.3. The number of allylic oxidation sites excluding steroid dienone is 2. The van der Waals surface area contributed by atoms with Crippen LogP contribution in [0, 0.1) is 0 Å². The Morgan fingerprint density at radius 2 is 1.43 bits per heavy atom. The predicted molar refractivity (Wildman–Crippen MR) is 54.9 cm³/mol. The second kappa shape index (κ2) is 7.21. The smallest absolute Gasteiger partial charge is 0.155 e. The lowest BCUT2D eigenvalue weighted by atomic mass is 10.1. The summed E-state index contributed by atoms with van der Waals surface area (Å²) in [5, 5.41) is 9.36. The molecule has 0 aromatic rings. The van der Waals surface area contributed by atoms with Gasteiger partial charge in [-0.1, -0.05) is 13.2 Å². The number of rotatable bonds is 8. The van der Waals surface area contributed by atoms with Crippen LogP contribution < -0.4 is 0 Å². The van der Waals surface area contributed by atoms with Crippen LogP contribution in [-0.2, 0) is 9.59 Å². The molecule has 0 unspecified atom stereocenters. The first-order valence-corrected chi connectivity index (χ1v) is 4.58. The highest BCUT2D eigenvalue weighted by molar-refractivity contribution is 5.89. The molecule has 14 heavy (non-hydrogen) atoms. The Balaban J connectivity index is 3.60. The van der Waals surface area contributed by atoms with Crippen LogP contribution in [0.4, 0.5) is 0 Å². The van der Waals surface area contributed by atoms with Gasteiger partial charge in [-0.05, 0) is 25.0 Å². The minimum absolute atomic E-state index is 0.0842. The van der Waals surface area contributed by atoms with E-state index in [0.717, 1.165) is 0 Å². The standard InChI is InChI=1S/C11H16O3/c1-3-9(12)5-7-11(14)8-6-10(13)4-2/h3-4,11,14H,1-2,5-8H2. The molecule has 0 aliphatic carbocycles. The molecule has 0 amide bonds. The van der Waals surface area contributed by atoms with Crippen molar-refractivity contribution in [2.75, 3.05) is 0 Å². The van der Waals surface area contributed by atoms with Crippen LogP contribution in [0.1, 0.15) is 25.7 Å². The van der Waals surface area contributed by atoms with Crippen LogP contribution in [-0.4, -0.2) is 22.8 Å². The quantitative estimate of drug-likeness (QED) is 0.597. The summed E-state index contributed by atoms with van der Waals surface area (Å²) >= 11 is 0. The third kappa shape index (κ3) is 6.31. The molecular weight excluding hydrogens is 180 g/mol. The van der Waals surface area contributed by atoms with E-state index in [1.807, 2.05) is 0 Å². The van der Waals surface area contributed by atoms with Gasteiger partial charge in [0.05, 0.1) is 6.10 Å². The van der Waals surface area contributed by atoms with E-state index in [2.05, 4.69) is 13.2 Å². The molecule has 0 radical (unpaired) electrons. The largest absolute Gasteiger partial charge is 0.393 e. The van der Waals surface area contributed by atoms with Crippen LogP contribution in [0.25, 0.3) is 0 Å². The summed E-state index contributed by atoms with van der Waals surface area (Å²) in [6.07, 6.45) is 3.22. The fourth-order valence-electron chi connectivity index (χ4n) is 0.966. The fraction of sp³-hybridized carbons (Fsp3) is 0.455. The third-order valence-electron chi connectivity index (χ3n) is 1.90. The second-order valence-corrected chi connectivity index (χ2v) is 3.07. The van der Waals surface area contributed by atoms with E-state index >= 15 is 0 Å². The zero-order valence-corrected chi connectivity index (χ0v) is 8.24. The van der Waals surface area contributed by atoms with Crippen LogP contribution >= 0.6 is 0 Å². The van der Waals surface area contributed by atoms with Gasteiger partial charge in [-0.2, -0.15) is 0 Å². The molecule has 0 fully saturated rings. The van der Waals surface area contributed by atoms with Crippen molar-refractivity contribution in [1.29, 1.82) is 0 Å². The normalized spacial score (nSPS) is 9.86. The molecule has 0 atom stereocenters. The van der Waals surface area contributed by atoms with Crippen LogP contribution in [0.2, 0.25) is 0 Å². The van der Waals surface area contributed by atoms with Crippen LogP contribution in [0.15, 0.2) is 25.3 Å². The number of carbonyl (C=O) groups excluding carboxylic acids is 2. The molecule has 1 N–H and O–H groups in total. The lowest BCUT2D eigenvalue weighted by Crippen LogP contribution is -2.10. The Hall–Kier alpha value is -1.22. The Bertz CT molecular complexity index is 207. The SMILES string of the molecule is C=CC(=O)CCC(O)CCC(=O)C=C. The van der Waals surface area contributed by atoms with Crippen molar-refractivity contribution < 1.29 is 14.7 Å². The Morgan fingerprint density at radius 3 is 1.71 bits per heavy atom. The van der Waals surface area contributed by atoms with Crippen molar-refractivity contribution >= 4 is 11.6 Å². The lowest BCUT2D eigenvalue weighted by Gasteiger charge is -2.07. The van der Waals surface area contributed by atoms with E-state index in [1.54, 1.807) is 0 Å². The number of ketones is 2. The highest BCUT2D eigenvalue weighted by Gasteiger charge is 2.07. The monoisotopic (exact) mass is 196 g/mol. The minimum atomic E-state index is -0.595. The Morgan fingerprint density at radius 1 is 1.07 bits per heavy atom. The molecule has 0 aromatic carbocycles. The first-order valence-electron chi connectivity index (χ1n) is 4.58. The van der Waals surface area contributed by atoms with Gasteiger partial charge in [-0.3, -0.25) is 9.59 Å². The first-order chi connectivity index (χ1) is 6.60. The molecular formula is C11H16O3. The first kappa shape index (κ1) is 12.8. The number of hydrogen-bond acceptors (Lipinski definition) is 3. The summed E-state index contributed by atoms with van der Waals surface area (Å²) in [5.74, 6) is -0.168. The van der Waals surface area contributed by atoms with Crippen molar-refractivity contribution in [3.63, 3.8) is 0 Å². The zero-order valence-electron chi connectivity index (χ0n) is 8.24. The van der Waals surface area contributed by atoms with E-state index in [0.29, 0.717) is 12.8 Å². The average Bonchev–Trinajstić information content (AvgIpc) is 2.22. The van der Waals surface area contributed by atoms with Gasteiger partial charge in [0, 0.05) is 12.8 Å². The molecule has 0 saturated carbocycles. The van der Waals surface area contributed by atoms with Gasteiger partial charge in [0.1, 0.15) is 0 Å². The van der Waals surface area contributed by atoms with Crippen molar-refractivity contribution in [2.24, 2.45) is 0 Å². The van der Waals surface area contributed by atoms with E-state index in [-0.39, 0.29) is 24.4 Å². The molecule has 0 aliphatic heterocycles. The molecule has 0 aromatic heterocycles. The molecule has 78 valence electrons. The Labute approximate surface area is 84.1 Å². The molecule has 0 bridgehead atoms. The van der Waals surface area contributed by atoms with Crippen LogP contribution in [0.5, 0.6) is 0 Å². The highest BCUT2D eigenvalue weighted by Crippen LogP contribution is 2.06. The van der Waals surface area contributed by atoms with Gasteiger partial charge in [-0.15, -0.1) is 0 Å². The molecule has 0 aliphatic rings. The summed E-state index contributed by atoms with van der Waals surface area (Å²) in [6.45, 7) is 6.65. The molecule has 0 rings (SSSR count). The zero-order chi connectivity index (χ0) is 11.0. The van der Waals surface area contributed by atoms with E-state index < -0.39 is 6.10 Å². The van der Waals surface area contributed by atoms with Crippen LogP contribution in [0.3, 0.4) is 0 Å². The third-order valence-corrected chi connectivity index (χ3v) is 1.90. The van der Waals surface area contributed by atoms with E-state index in [1.165, 1.54) is 12.2 Å². The minimum Gasteiger partial charge on any atom is -0.393 e. The summed E-state index contributed by atoms with van der Waals surface area (Å²) in [4.78, 5) is 21.6. The maximum Gasteiger partial charge on any atom is 0.155 e. The maximum atomic E-state index is 10.8. The summed E-state index contributed by atoms with van der Waals surface area (Å²) in [6, 6.07) is 0.